The molecule has 0 aromatic carbocycles. The highest BCUT2D eigenvalue weighted by Gasteiger charge is 2.25. The molecule has 1 saturated heterocycles. The van der Waals surface area contributed by atoms with Crippen LogP contribution in [0.25, 0.3) is 0 Å². The van der Waals surface area contributed by atoms with E-state index >= 15 is 0 Å². The van der Waals surface area contributed by atoms with Gasteiger partial charge in [0.1, 0.15) is 0 Å². The Hall–Kier alpha value is -1.30. The van der Waals surface area contributed by atoms with E-state index in [2.05, 4.69) is 4.98 Å². The molecule has 2 heterocycles. The Morgan fingerprint density at radius 3 is 2.75 bits per heavy atom. The highest BCUT2D eigenvalue weighted by molar-refractivity contribution is 7.99. The van der Waals surface area contributed by atoms with E-state index in [0.717, 1.165) is 30.0 Å². The van der Waals surface area contributed by atoms with Gasteiger partial charge in [0.25, 0.3) is 0 Å². The first kappa shape index (κ1) is 15.1. The summed E-state index contributed by atoms with van der Waals surface area (Å²) >= 11 is 1.84. The SMILES string of the molecule is Cc1nc(=O)n(C2CCCSC2)c(C)c1C(C)C(=O)O. The smallest absolute Gasteiger partial charge is 0.348 e. The molecule has 1 aliphatic rings. The third-order valence-electron chi connectivity index (χ3n) is 3.92. The fourth-order valence-electron chi connectivity index (χ4n) is 2.90. The average Bonchev–Trinajstić information content (AvgIpc) is 2.39. The third kappa shape index (κ3) is 2.75. The zero-order chi connectivity index (χ0) is 14.9. The number of aromatic nitrogens is 2. The van der Waals surface area contributed by atoms with Gasteiger partial charge >= 0.3 is 11.7 Å². The van der Waals surface area contributed by atoms with Crippen LogP contribution >= 0.6 is 11.8 Å². The molecule has 6 heteroatoms. The van der Waals surface area contributed by atoms with Gasteiger partial charge in [0, 0.05) is 28.7 Å². The maximum Gasteiger partial charge on any atom is 0.348 e. The molecule has 0 amide bonds. The van der Waals surface area contributed by atoms with Crippen molar-refractivity contribution >= 4 is 17.7 Å². The molecule has 0 bridgehead atoms. The molecule has 2 unspecified atom stereocenters. The number of carbonyl (C=O) groups is 1. The van der Waals surface area contributed by atoms with E-state index in [9.17, 15) is 14.7 Å². The first-order valence-corrected chi connectivity index (χ1v) is 7.99. The van der Waals surface area contributed by atoms with E-state index in [-0.39, 0.29) is 11.7 Å². The predicted molar refractivity (Wildman–Crippen MR) is 79.6 cm³/mol. The number of nitrogens with zero attached hydrogens (tertiary/aromatic N) is 2. The molecule has 1 fully saturated rings. The molecule has 2 atom stereocenters. The molecule has 5 nitrogen and oxygen atoms in total. The summed E-state index contributed by atoms with van der Waals surface area (Å²) in [7, 11) is 0. The lowest BCUT2D eigenvalue weighted by Crippen LogP contribution is -2.34. The van der Waals surface area contributed by atoms with E-state index in [4.69, 9.17) is 0 Å². The van der Waals surface area contributed by atoms with Crippen LogP contribution in [0.5, 0.6) is 0 Å². The lowest BCUT2D eigenvalue weighted by atomic mass is 9.97. The number of hydrogen-bond acceptors (Lipinski definition) is 4. The van der Waals surface area contributed by atoms with Crippen LogP contribution in [0, 0.1) is 13.8 Å². The molecule has 1 aromatic heterocycles. The number of aliphatic carboxylic acids is 1. The van der Waals surface area contributed by atoms with Crippen LogP contribution in [0.4, 0.5) is 0 Å². The van der Waals surface area contributed by atoms with Gasteiger partial charge < -0.3 is 5.11 Å². The molecular weight excluding hydrogens is 276 g/mol. The number of carboxylic acid groups (broad SMARTS) is 1. The van der Waals surface area contributed by atoms with E-state index in [1.165, 1.54) is 0 Å². The second-order valence-corrected chi connectivity index (χ2v) is 6.43. The first-order chi connectivity index (χ1) is 9.43. The van der Waals surface area contributed by atoms with Gasteiger partial charge in [0.2, 0.25) is 0 Å². The van der Waals surface area contributed by atoms with E-state index in [1.807, 2.05) is 18.7 Å². The van der Waals surface area contributed by atoms with Crippen LogP contribution in [0.15, 0.2) is 4.79 Å². The molecule has 0 saturated carbocycles. The van der Waals surface area contributed by atoms with Gasteiger partial charge in [-0.1, -0.05) is 0 Å². The Kier molecular flexibility index (Phi) is 4.52. The highest BCUT2D eigenvalue weighted by atomic mass is 32.2. The molecule has 110 valence electrons. The molecule has 1 aliphatic heterocycles. The van der Waals surface area contributed by atoms with Gasteiger partial charge in [0.05, 0.1) is 5.92 Å². The Bertz CT molecular complexity index is 577. The quantitative estimate of drug-likeness (QED) is 0.925. The zero-order valence-corrected chi connectivity index (χ0v) is 12.9. The van der Waals surface area contributed by atoms with E-state index in [0.29, 0.717) is 11.3 Å². The molecule has 20 heavy (non-hydrogen) atoms. The van der Waals surface area contributed by atoms with Crippen molar-refractivity contribution in [2.24, 2.45) is 0 Å². The summed E-state index contributed by atoms with van der Waals surface area (Å²) in [5.41, 5.74) is 1.70. The number of rotatable bonds is 3. The van der Waals surface area contributed by atoms with Gasteiger partial charge in [0.15, 0.2) is 0 Å². The summed E-state index contributed by atoms with van der Waals surface area (Å²) in [6.07, 6.45) is 2.04. The zero-order valence-electron chi connectivity index (χ0n) is 12.0. The average molecular weight is 296 g/mol. The second-order valence-electron chi connectivity index (χ2n) is 5.28. The molecular formula is C14H20N2O3S. The first-order valence-electron chi connectivity index (χ1n) is 6.83. The van der Waals surface area contributed by atoms with Crippen molar-refractivity contribution in [1.82, 2.24) is 9.55 Å². The summed E-state index contributed by atoms with van der Waals surface area (Å²) in [4.78, 5) is 27.5. The van der Waals surface area contributed by atoms with Crippen LogP contribution in [-0.2, 0) is 4.79 Å². The van der Waals surface area contributed by atoms with Crippen molar-refractivity contribution in [3.05, 3.63) is 27.4 Å². The Morgan fingerprint density at radius 1 is 1.50 bits per heavy atom. The summed E-state index contributed by atoms with van der Waals surface area (Å²) in [6.45, 7) is 5.19. The van der Waals surface area contributed by atoms with Crippen LogP contribution < -0.4 is 5.69 Å². The van der Waals surface area contributed by atoms with E-state index in [1.54, 1.807) is 18.4 Å². The number of thioether (sulfide) groups is 1. The number of hydrogen-bond donors (Lipinski definition) is 1. The van der Waals surface area contributed by atoms with Crippen molar-refractivity contribution in [3.63, 3.8) is 0 Å². The van der Waals surface area contributed by atoms with Crippen molar-refractivity contribution in [1.29, 1.82) is 0 Å². The molecule has 0 spiro atoms. The van der Waals surface area contributed by atoms with Gasteiger partial charge in [-0.05, 0) is 39.4 Å². The van der Waals surface area contributed by atoms with Gasteiger partial charge in [-0.25, -0.2) is 4.79 Å². The van der Waals surface area contributed by atoms with Crippen LogP contribution in [0.3, 0.4) is 0 Å². The highest BCUT2D eigenvalue weighted by Crippen LogP contribution is 2.29. The summed E-state index contributed by atoms with van der Waals surface area (Å²) < 4.78 is 1.70. The standard InChI is InChI=1S/C14H20N2O3S/c1-8(13(17)18)12-9(2)15-14(19)16(10(12)3)11-5-4-6-20-7-11/h8,11H,4-7H2,1-3H3,(H,17,18). The largest absolute Gasteiger partial charge is 0.481 e. The number of carboxylic acids is 1. The molecule has 2 rings (SSSR count). The minimum atomic E-state index is -0.888. The molecule has 1 N–H and O–H groups in total. The lowest BCUT2D eigenvalue weighted by Gasteiger charge is -2.27. The second kappa shape index (κ2) is 5.99. The minimum absolute atomic E-state index is 0.133. The topological polar surface area (TPSA) is 72.2 Å². The monoisotopic (exact) mass is 296 g/mol. The third-order valence-corrected chi connectivity index (χ3v) is 5.11. The Balaban J connectivity index is 2.54. The molecule has 0 radical (unpaired) electrons. The van der Waals surface area contributed by atoms with Crippen molar-refractivity contribution in [3.8, 4) is 0 Å². The summed E-state index contributed by atoms with van der Waals surface area (Å²) in [6, 6.07) is 0.133. The van der Waals surface area contributed by atoms with Gasteiger partial charge in [-0.3, -0.25) is 9.36 Å². The molecule has 1 aromatic rings. The van der Waals surface area contributed by atoms with Crippen molar-refractivity contribution in [2.45, 2.75) is 45.6 Å². The maximum absolute atomic E-state index is 12.2. The molecule has 0 aliphatic carbocycles. The van der Waals surface area contributed by atoms with Crippen LogP contribution in [-0.4, -0.2) is 32.1 Å². The van der Waals surface area contributed by atoms with Gasteiger partial charge in [-0.2, -0.15) is 16.7 Å². The Labute approximate surface area is 122 Å². The normalized spacial score (nSPS) is 20.6. The van der Waals surface area contributed by atoms with Gasteiger partial charge in [-0.15, -0.1) is 0 Å². The van der Waals surface area contributed by atoms with Crippen molar-refractivity contribution < 1.29 is 9.90 Å². The lowest BCUT2D eigenvalue weighted by molar-refractivity contribution is -0.138. The predicted octanol–water partition coefficient (Wildman–Crippen LogP) is 2.12. The van der Waals surface area contributed by atoms with E-state index < -0.39 is 11.9 Å². The van der Waals surface area contributed by atoms with Crippen LogP contribution in [0.2, 0.25) is 0 Å². The Morgan fingerprint density at radius 2 is 2.20 bits per heavy atom. The fraction of sp³-hybridized carbons (Fsp3) is 0.643. The van der Waals surface area contributed by atoms with Crippen molar-refractivity contribution in [2.75, 3.05) is 11.5 Å². The number of aryl methyl sites for hydroxylation is 1. The van der Waals surface area contributed by atoms with Crippen LogP contribution in [0.1, 0.15) is 48.7 Å². The fourth-order valence-corrected chi connectivity index (χ4v) is 4.03. The minimum Gasteiger partial charge on any atom is -0.481 e. The summed E-state index contributed by atoms with van der Waals surface area (Å²) in [5, 5.41) is 9.24. The summed E-state index contributed by atoms with van der Waals surface area (Å²) in [5.74, 6) is 0.487. The maximum atomic E-state index is 12.2.